The van der Waals surface area contributed by atoms with Crippen molar-refractivity contribution in [2.45, 2.75) is 6.54 Å². The van der Waals surface area contributed by atoms with E-state index in [9.17, 15) is 0 Å². The molecule has 0 aliphatic heterocycles. The fourth-order valence-corrected chi connectivity index (χ4v) is 2.27. The Morgan fingerprint density at radius 2 is 1.77 bits per heavy atom. The predicted molar refractivity (Wildman–Crippen MR) is 91.0 cm³/mol. The van der Waals surface area contributed by atoms with Gasteiger partial charge < -0.3 is 10.6 Å². The minimum Gasteiger partial charge on any atom is -0.364 e. The van der Waals surface area contributed by atoms with E-state index in [0.29, 0.717) is 12.5 Å². The van der Waals surface area contributed by atoms with Crippen LogP contribution in [0.1, 0.15) is 5.69 Å². The molecule has 0 amide bonds. The molecule has 2 aromatic heterocycles. The second kappa shape index (κ2) is 7.00. The SMILES string of the molecule is Brc1ccccc1Nc1nccc(NCc2ccccn2)n1. The van der Waals surface area contributed by atoms with E-state index in [-0.39, 0.29) is 0 Å². The monoisotopic (exact) mass is 355 g/mol. The summed E-state index contributed by atoms with van der Waals surface area (Å²) in [5.41, 5.74) is 1.88. The third-order valence-corrected chi connectivity index (χ3v) is 3.64. The van der Waals surface area contributed by atoms with Gasteiger partial charge in [0.1, 0.15) is 5.82 Å². The number of anilines is 3. The molecule has 0 fully saturated rings. The van der Waals surface area contributed by atoms with Gasteiger partial charge in [0.2, 0.25) is 5.95 Å². The molecule has 110 valence electrons. The first-order valence-corrected chi connectivity index (χ1v) is 7.59. The number of nitrogens with zero attached hydrogens (tertiary/aromatic N) is 3. The third-order valence-electron chi connectivity index (χ3n) is 2.95. The van der Waals surface area contributed by atoms with Gasteiger partial charge in [0.15, 0.2) is 0 Å². The van der Waals surface area contributed by atoms with Gasteiger partial charge in [-0.25, -0.2) is 4.98 Å². The van der Waals surface area contributed by atoms with Gasteiger partial charge in [0, 0.05) is 16.9 Å². The number of rotatable bonds is 5. The van der Waals surface area contributed by atoms with E-state index in [4.69, 9.17) is 0 Å². The number of hydrogen-bond acceptors (Lipinski definition) is 5. The Morgan fingerprint density at radius 1 is 0.909 bits per heavy atom. The zero-order valence-corrected chi connectivity index (χ0v) is 13.3. The van der Waals surface area contributed by atoms with Gasteiger partial charge in [0.05, 0.1) is 17.9 Å². The molecule has 5 nitrogen and oxygen atoms in total. The Labute approximate surface area is 137 Å². The van der Waals surface area contributed by atoms with Crippen LogP contribution in [-0.2, 0) is 6.54 Å². The lowest BCUT2D eigenvalue weighted by Gasteiger charge is -2.09. The van der Waals surface area contributed by atoms with Crippen LogP contribution in [0.3, 0.4) is 0 Å². The van der Waals surface area contributed by atoms with Crippen molar-refractivity contribution in [2.24, 2.45) is 0 Å². The minimum atomic E-state index is 0.540. The van der Waals surface area contributed by atoms with Crippen molar-refractivity contribution < 1.29 is 0 Å². The van der Waals surface area contributed by atoms with Crippen LogP contribution in [0.4, 0.5) is 17.5 Å². The van der Waals surface area contributed by atoms with Gasteiger partial charge in [0.25, 0.3) is 0 Å². The average molecular weight is 356 g/mol. The topological polar surface area (TPSA) is 62.7 Å². The molecule has 3 aromatic rings. The van der Waals surface area contributed by atoms with Gasteiger partial charge in [-0.2, -0.15) is 4.98 Å². The molecular weight excluding hydrogens is 342 g/mol. The Bertz CT molecular complexity index is 748. The molecule has 0 bridgehead atoms. The minimum absolute atomic E-state index is 0.540. The van der Waals surface area contributed by atoms with Gasteiger partial charge in [-0.3, -0.25) is 4.98 Å². The molecule has 22 heavy (non-hydrogen) atoms. The lowest BCUT2D eigenvalue weighted by atomic mass is 10.3. The zero-order chi connectivity index (χ0) is 15.2. The van der Waals surface area contributed by atoms with E-state index in [1.54, 1.807) is 12.4 Å². The standard InChI is InChI=1S/C16H14BrN5/c17-13-6-1-2-7-14(13)21-16-19-10-8-15(22-16)20-11-12-5-3-4-9-18-12/h1-10H,11H2,(H2,19,20,21,22). The second-order valence-electron chi connectivity index (χ2n) is 4.54. The van der Waals surface area contributed by atoms with Crippen molar-refractivity contribution in [3.63, 3.8) is 0 Å². The van der Waals surface area contributed by atoms with Crippen LogP contribution in [0.15, 0.2) is 65.4 Å². The fraction of sp³-hybridized carbons (Fsp3) is 0.0625. The van der Waals surface area contributed by atoms with Crippen molar-refractivity contribution in [2.75, 3.05) is 10.6 Å². The number of pyridine rings is 1. The lowest BCUT2D eigenvalue weighted by molar-refractivity contribution is 1.02. The summed E-state index contributed by atoms with van der Waals surface area (Å²) in [6, 6.07) is 15.5. The molecule has 0 aliphatic carbocycles. The average Bonchev–Trinajstić information content (AvgIpc) is 2.57. The van der Waals surface area contributed by atoms with Crippen LogP contribution in [-0.4, -0.2) is 15.0 Å². The maximum Gasteiger partial charge on any atom is 0.229 e. The van der Waals surface area contributed by atoms with Gasteiger partial charge >= 0.3 is 0 Å². The van der Waals surface area contributed by atoms with Crippen molar-refractivity contribution in [3.8, 4) is 0 Å². The van der Waals surface area contributed by atoms with E-state index >= 15 is 0 Å². The van der Waals surface area contributed by atoms with Gasteiger partial charge in [-0.15, -0.1) is 0 Å². The van der Waals surface area contributed by atoms with E-state index in [0.717, 1.165) is 21.7 Å². The highest BCUT2D eigenvalue weighted by molar-refractivity contribution is 9.10. The van der Waals surface area contributed by atoms with E-state index in [1.807, 2.05) is 48.5 Å². The molecule has 0 spiro atoms. The molecular formula is C16H14BrN5. The molecule has 0 radical (unpaired) electrons. The summed E-state index contributed by atoms with van der Waals surface area (Å²) in [5, 5.41) is 6.42. The first-order valence-electron chi connectivity index (χ1n) is 6.79. The fourth-order valence-electron chi connectivity index (χ4n) is 1.88. The van der Waals surface area contributed by atoms with Crippen molar-refractivity contribution in [1.82, 2.24) is 15.0 Å². The molecule has 0 saturated heterocycles. The molecule has 0 unspecified atom stereocenters. The third kappa shape index (κ3) is 3.79. The summed E-state index contributed by atoms with van der Waals surface area (Å²) in [4.78, 5) is 12.9. The van der Waals surface area contributed by atoms with Crippen molar-refractivity contribution in [3.05, 3.63) is 71.1 Å². The Hall–Kier alpha value is -2.47. The van der Waals surface area contributed by atoms with Crippen molar-refractivity contribution >= 4 is 33.4 Å². The lowest BCUT2D eigenvalue weighted by Crippen LogP contribution is -2.05. The highest BCUT2D eigenvalue weighted by Crippen LogP contribution is 2.23. The molecule has 3 rings (SSSR count). The van der Waals surface area contributed by atoms with Gasteiger partial charge in [-0.05, 0) is 46.3 Å². The highest BCUT2D eigenvalue weighted by Gasteiger charge is 2.03. The Balaban J connectivity index is 1.69. The number of hydrogen-bond donors (Lipinski definition) is 2. The largest absolute Gasteiger partial charge is 0.364 e. The summed E-state index contributed by atoms with van der Waals surface area (Å²) >= 11 is 3.49. The first kappa shape index (κ1) is 14.5. The van der Waals surface area contributed by atoms with E-state index in [1.165, 1.54) is 0 Å². The number of aromatic nitrogens is 3. The zero-order valence-electron chi connectivity index (χ0n) is 11.7. The van der Waals surface area contributed by atoms with Crippen molar-refractivity contribution in [1.29, 1.82) is 0 Å². The first-order chi connectivity index (χ1) is 10.8. The van der Waals surface area contributed by atoms with Crippen LogP contribution >= 0.6 is 15.9 Å². The molecule has 2 N–H and O–H groups in total. The van der Waals surface area contributed by atoms with E-state index in [2.05, 4.69) is 41.5 Å². The summed E-state index contributed by atoms with van der Waals surface area (Å²) in [6.07, 6.45) is 3.49. The van der Waals surface area contributed by atoms with Crippen LogP contribution in [0, 0.1) is 0 Å². The summed E-state index contributed by atoms with van der Waals surface area (Å²) < 4.78 is 0.963. The Kier molecular flexibility index (Phi) is 4.60. The number of para-hydroxylation sites is 1. The molecule has 0 saturated carbocycles. The van der Waals surface area contributed by atoms with E-state index < -0.39 is 0 Å². The number of halogens is 1. The summed E-state index contributed by atoms with van der Waals surface area (Å²) in [5.74, 6) is 1.29. The normalized spacial score (nSPS) is 10.2. The maximum atomic E-state index is 4.44. The highest BCUT2D eigenvalue weighted by atomic mass is 79.9. The van der Waals surface area contributed by atoms with Gasteiger partial charge in [-0.1, -0.05) is 18.2 Å². The molecule has 2 heterocycles. The molecule has 0 atom stereocenters. The number of nitrogens with one attached hydrogen (secondary N) is 2. The number of benzene rings is 1. The molecule has 0 aliphatic rings. The van der Waals surface area contributed by atoms with Crippen LogP contribution in [0.2, 0.25) is 0 Å². The Morgan fingerprint density at radius 3 is 2.59 bits per heavy atom. The predicted octanol–water partition coefficient (Wildman–Crippen LogP) is 3.99. The van der Waals surface area contributed by atoms with Crippen LogP contribution in [0.5, 0.6) is 0 Å². The second-order valence-corrected chi connectivity index (χ2v) is 5.40. The maximum absolute atomic E-state index is 4.44. The van der Waals surface area contributed by atoms with Crippen LogP contribution < -0.4 is 10.6 Å². The summed E-state index contributed by atoms with van der Waals surface area (Å²) in [6.45, 7) is 0.617. The quantitative estimate of drug-likeness (QED) is 0.724. The molecule has 1 aromatic carbocycles. The molecule has 6 heteroatoms. The summed E-state index contributed by atoms with van der Waals surface area (Å²) in [7, 11) is 0. The smallest absolute Gasteiger partial charge is 0.229 e. The van der Waals surface area contributed by atoms with Crippen LogP contribution in [0.25, 0.3) is 0 Å².